The van der Waals surface area contributed by atoms with Gasteiger partial charge >= 0.3 is 0 Å². The highest BCUT2D eigenvalue weighted by Crippen LogP contribution is 2.49. The number of benzene rings is 5. The number of sulfonamides is 4. The Kier molecular flexibility index (Phi) is 23.0. The number of hydrogen-bond donors (Lipinski definition) is 8. The van der Waals surface area contributed by atoms with Crippen molar-refractivity contribution in [3.8, 4) is 0 Å². The number of anilines is 16. The van der Waals surface area contributed by atoms with Crippen molar-refractivity contribution < 1.29 is 52.8 Å². The Bertz CT molecular complexity index is 5700. The Morgan fingerprint density at radius 1 is 0.421 bits per heavy atom. The van der Waals surface area contributed by atoms with Crippen molar-refractivity contribution >= 4 is 168 Å². The molecule has 41 heteroatoms. The van der Waals surface area contributed by atoms with Gasteiger partial charge in [-0.25, -0.2) is 74.2 Å². The minimum Gasteiger partial charge on any atom is -0.346 e. The van der Waals surface area contributed by atoms with E-state index in [9.17, 15) is 52.8 Å². The maximum absolute atomic E-state index is 13.0. The van der Waals surface area contributed by atoms with Crippen molar-refractivity contribution in [3.63, 3.8) is 0 Å². The van der Waals surface area contributed by atoms with Crippen LogP contribution in [0.5, 0.6) is 0 Å². The zero-order valence-electron chi connectivity index (χ0n) is 63.6. The molecule has 2 saturated carbocycles. The molecule has 2 fully saturated rings. The molecule has 12 N–H and O–H groups in total. The number of aromatic nitrogens is 8. The molecule has 2 unspecified atom stereocenters. The van der Waals surface area contributed by atoms with Gasteiger partial charge in [-0.1, -0.05) is 50.4 Å². The molecule has 600 valence electrons. The Balaban J connectivity index is 0.000000141. The van der Waals surface area contributed by atoms with E-state index in [-0.39, 0.29) is 49.3 Å². The van der Waals surface area contributed by atoms with Crippen LogP contribution in [0.25, 0.3) is 0 Å². The molecule has 2 atom stereocenters. The summed E-state index contributed by atoms with van der Waals surface area (Å²) in [5, 5.41) is 33.2. The molecular formula is C73H85ClN24O12S4. The third kappa shape index (κ3) is 16.8. The fraction of sp³-hybridized carbons (Fsp3) is 0.315. The second kappa shape index (κ2) is 31.9. The van der Waals surface area contributed by atoms with E-state index in [2.05, 4.69) is 75.0 Å². The fourth-order valence-electron chi connectivity index (χ4n) is 14.2. The van der Waals surface area contributed by atoms with E-state index in [0.29, 0.717) is 104 Å². The molecule has 36 nitrogen and oxygen atoms in total. The van der Waals surface area contributed by atoms with Gasteiger partial charge in [-0.2, -0.15) is 19.9 Å². The van der Waals surface area contributed by atoms with E-state index >= 15 is 0 Å². The summed E-state index contributed by atoms with van der Waals surface area (Å²) in [6.07, 6.45) is 13.4. The van der Waals surface area contributed by atoms with E-state index in [4.69, 9.17) is 32.2 Å². The molecule has 0 bridgehead atoms. The number of nitrogens with zero attached hydrogens (tertiary/aromatic N) is 16. The zero-order valence-corrected chi connectivity index (χ0v) is 67.6. The lowest BCUT2D eigenvalue weighted by molar-refractivity contribution is -0.127. The van der Waals surface area contributed by atoms with Gasteiger partial charge in [0.1, 0.15) is 45.9 Å². The van der Waals surface area contributed by atoms with Crippen LogP contribution in [0, 0.1) is 5.92 Å². The van der Waals surface area contributed by atoms with E-state index in [1.165, 1.54) is 53.4 Å². The van der Waals surface area contributed by atoms with Crippen molar-refractivity contribution in [2.45, 2.75) is 108 Å². The summed E-state index contributed by atoms with van der Waals surface area (Å²) in [7, 11) is -0.641. The van der Waals surface area contributed by atoms with Gasteiger partial charge in [-0.3, -0.25) is 19.2 Å². The highest BCUT2D eigenvalue weighted by atomic mass is 35.5. The molecule has 114 heavy (non-hydrogen) atoms. The largest absolute Gasteiger partial charge is 0.346 e. The molecule has 5 aromatic carbocycles. The highest BCUT2D eigenvalue weighted by molar-refractivity contribution is 7.90. The molecule has 8 heterocycles. The van der Waals surface area contributed by atoms with Crippen molar-refractivity contribution in [1.82, 2.24) is 39.9 Å². The Hall–Kier alpha value is -11.4. The van der Waals surface area contributed by atoms with Gasteiger partial charge in [0, 0.05) is 84.2 Å². The average Bonchev–Trinajstić information content (AvgIpc) is 1.55. The van der Waals surface area contributed by atoms with Crippen LogP contribution in [-0.2, 0) is 59.3 Å². The SMILES string of the molecule is CC(C)CC1C(=O)N(C)c2cnc(Nc3ccc(S(N)(=O)=O)cc3)nc2N1C.CN1C(=O)C(c2cccc(Cl)c2)N(C)c2nc(Nc3ccc(S(N)(=O)=O)cc3)ncc21.CN1C(=O)C2(CCC2)N(C)c2nc(Nc3ccc(S(N)(=O)=O)cc3)ncc21.CN1C(=O)C2(CCCC2)N(C)c2nc(Nc3ccc(S(N)(=O)=O)cc3)ncc21. The summed E-state index contributed by atoms with van der Waals surface area (Å²) in [5.74, 6) is 4.40. The second-order valence-electron chi connectivity index (χ2n) is 28.5. The molecule has 2 aliphatic carbocycles. The predicted octanol–water partition coefficient (Wildman–Crippen LogP) is 7.17. The molecule has 2 spiro atoms. The topological polar surface area (TPSA) is 486 Å². The van der Waals surface area contributed by atoms with Crippen LogP contribution in [0.1, 0.15) is 76.8 Å². The van der Waals surface area contributed by atoms with Crippen LogP contribution in [0.4, 0.5) is 92.6 Å². The molecule has 4 aliphatic heterocycles. The maximum atomic E-state index is 13.0. The van der Waals surface area contributed by atoms with E-state index < -0.39 is 57.2 Å². The van der Waals surface area contributed by atoms with Crippen LogP contribution in [0.15, 0.2) is 166 Å². The first-order valence-electron chi connectivity index (χ1n) is 35.6. The molecule has 15 rings (SSSR count). The number of rotatable bonds is 15. The summed E-state index contributed by atoms with van der Waals surface area (Å²) in [5.41, 5.74) is 4.71. The number of primary sulfonamides is 4. The van der Waals surface area contributed by atoms with Gasteiger partial charge < -0.3 is 60.5 Å². The van der Waals surface area contributed by atoms with Gasteiger partial charge in [0.15, 0.2) is 23.3 Å². The lowest BCUT2D eigenvalue weighted by Crippen LogP contribution is -2.65. The lowest BCUT2D eigenvalue weighted by atomic mass is 9.73. The van der Waals surface area contributed by atoms with Gasteiger partial charge in [-0.15, -0.1) is 0 Å². The molecule has 0 radical (unpaired) electrons. The summed E-state index contributed by atoms with van der Waals surface area (Å²) < 4.78 is 91.0. The van der Waals surface area contributed by atoms with Gasteiger partial charge in [0.05, 0.1) is 44.4 Å². The van der Waals surface area contributed by atoms with E-state index in [1.54, 1.807) is 146 Å². The number of nitrogens with two attached hydrogens (primary N) is 4. The zero-order chi connectivity index (χ0) is 82.5. The minimum absolute atomic E-state index is 0.00800. The summed E-state index contributed by atoms with van der Waals surface area (Å²) in [6, 6.07) is 30.2. The summed E-state index contributed by atoms with van der Waals surface area (Å²) in [6.45, 7) is 4.16. The molecule has 4 amide bonds. The van der Waals surface area contributed by atoms with Crippen molar-refractivity contribution in [3.05, 3.63) is 157 Å². The number of carbonyl (C=O) groups is 4. The van der Waals surface area contributed by atoms with Crippen LogP contribution in [0.3, 0.4) is 0 Å². The third-order valence-corrected chi connectivity index (χ3v) is 24.7. The van der Waals surface area contributed by atoms with Crippen LogP contribution < -0.4 is 81.0 Å². The van der Waals surface area contributed by atoms with Gasteiger partial charge in [0.25, 0.3) is 17.7 Å². The normalized spacial score (nSPS) is 17.5. The molecular weight excluding hydrogens is 1570 g/mol. The number of amides is 4. The van der Waals surface area contributed by atoms with E-state index in [0.717, 1.165) is 56.9 Å². The lowest BCUT2D eigenvalue weighted by Gasteiger charge is -2.52. The summed E-state index contributed by atoms with van der Waals surface area (Å²) >= 11 is 6.13. The minimum atomic E-state index is -3.77. The monoisotopic (exact) mass is 1650 g/mol. The molecule has 0 saturated heterocycles. The van der Waals surface area contributed by atoms with Gasteiger partial charge in [0.2, 0.25) is 69.8 Å². The number of carbonyl (C=O) groups excluding carboxylic acids is 4. The first-order valence-corrected chi connectivity index (χ1v) is 42.1. The number of likely N-dealkylation sites (N-methyl/N-ethyl adjacent to an activating group) is 8. The number of halogens is 1. The Morgan fingerprint density at radius 3 is 1.04 bits per heavy atom. The Labute approximate surface area is 664 Å². The molecule has 6 aliphatic rings. The number of hydrogen-bond acceptors (Lipinski definition) is 28. The van der Waals surface area contributed by atoms with Crippen LogP contribution >= 0.6 is 11.6 Å². The summed E-state index contributed by atoms with van der Waals surface area (Å²) in [4.78, 5) is 101. The Morgan fingerprint density at radius 2 is 0.728 bits per heavy atom. The number of fused-ring (bicyclic) bond motifs is 4. The predicted molar refractivity (Wildman–Crippen MR) is 435 cm³/mol. The third-order valence-electron chi connectivity index (χ3n) is 20.7. The molecule has 4 aromatic heterocycles. The van der Waals surface area contributed by atoms with Crippen molar-refractivity contribution in [2.24, 2.45) is 26.5 Å². The van der Waals surface area contributed by atoms with Crippen molar-refractivity contribution in [1.29, 1.82) is 0 Å². The smallest absolute Gasteiger partial charge is 0.254 e. The van der Waals surface area contributed by atoms with E-state index in [1.807, 2.05) is 41.9 Å². The standard InChI is InChI=1S/C20H19ClN6O3S.C18H22N6O3S.C18H24N6O3S.C17H20N6O3S/c1-26-16-11-23-20(24-14-6-8-15(9-7-14)31(22,29)30)25-18(16)27(2)17(19(26)28)12-4-3-5-13(21)10-12;1-23-14-11-20-17(21-12-5-7-13(8-6-12)28(19,26)27)22-15(14)24(2)18(16(23)25)9-3-4-10-18;1-11(2)9-14-17(25)24(4)15-10-20-18(22-16(15)23(14)3)21-12-5-7-13(8-6-12)28(19,26)27;1-22-13-10-19-16(20-11-4-6-12(7-5-11)27(18,25)26)21-14(13)23(2)17(15(22)24)8-3-9-17/h3-11,17H,1-2H3,(H2,22,29,30)(H,23,24,25);5-8,11H,3-4,9-10H2,1-2H3,(H2,19,26,27)(H,20,21,22);5-8,10-11,14H,9H2,1-4H3,(H2,19,26,27)(H,20,21,22);4-7,10H,3,8-9H2,1-2H3,(H2,18,25,26)(H,19,20,21). The second-order valence-corrected chi connectivity index (χ2v) is 35.2. The number of nitrogens with one attached hydrogen (secondary N) is 4. The maximum Gasteiger partial charge on any atom is 0.254 e. The van der Waals surface area contributed by atoms with Crippen LogP contribution in [0.2, 0.25) is 5.02 Å². The molecule has 9 aromatic rings. The van der Waals surface area contributed by atoms with Crippen molar-refractivity contribution in [2.75, 3.05) is 117 Å². The quantitative estimate of drug-likeness (QED) is 0.0504. The van der Waals surface area contributed by atoms with Crippen LogP contribution in [-0.4, -0.2) is 171 Å². The highest BCUT2D eigenvalue weighted by Gasteiger charge is 2.54. The first-order chi connectivity index (χ1) is 53.7. The first kappa shape index (κ1) is 82.1. The fourth-order valence-corrected chi connectivity index (χ4v) is 16.5. The van der Waals surface area contributed by atoms with Gasteiger partial charge in [-0.05, 0) is 159 Å². The average molecular weight is 1650 g/mol.